The van der Waals surface area contributed by atoms with Gasteiger partial charge in [-0.2, -0.15) is 0 Å². The van der Waals surface area contributed by atoms with E-state index in [1.54, 1.807) is 28.0 Å². The highest BCUT2D eigenvalue weighted by molar-refractivity contribution is 5.89. The predicted octanol–water partition coefficient (Wildman–Crippen LogP) is 3.32. The number of hydrogen-bond donors (Lipinski definition) is 1. The largest absolute Gasteiger partial charge is 0.467 e. The standard InChI is InChI=1S/C24H25N5O3/c1-17(2)29(22(30)16-28-21-13-7-6-12-20(21)26-27-28)23(18-9-4-3-5-10-18)24(31)25-15-19-11-8-14-32-19/h3-14,17,23H,15-16H2,1-2H3,(H,25,31)/t23-/m1/s1. The topological polar surface area (TPSA) is 93.3 Å². The van der Waals surface area contributed by atoms with Gasteiger partial charge in [0.15, 0.2) is 0 Å². The van der Waals surface area contributed by atoms with Gasteiger partial charge in [-0.15, -0.1) is 5.10 Å². The molecular weight excluding hydrogens is 406 g/mol. The van der Waals surface area contributed by atoms with Crippen LogP contribution in [-0.2, 0) is 22.7 Å². The van der Waals surface area contributed by atoms with Crippen molar-refractivity contribution in [2.75, 3.05) is 0 Å². The summed E-state index contributed by atoms with van der Waals surface area (Å²) in [6, 6.07) is 19.3. The van der Waals surface area contributed by atoms with Crippen LogP contribution in [0.5, 0.6) is 0 Å². The fraction of sp³-hybridized carbons (Fsp3) is 0.250. The Hall–Kier alpha value is -3.94. The molecular formula is C24H25N5O3. The highest BCUT2D eigenvalue weighted by Gasteiger charge is 2.33. The first-order chi connectivity index (χ1) is 15.5. The fourth-order valence-electron chi connectivity index (χ4n) is 3.73. The maximum absolute atomic E-state index is 13.5. The summed E-state index contributed by atoms with van der Waals surface area (Å²) in [5, 5.41) is 11.2. The zero-order valence-corrected chi connectivity index (χ0v) is 18.0. The molecule has 2 heterocycles. The minimum atomic E-state index is -0.798. The normalized spacial score (nSPS) is 12.1. The van der Waals surface area contributed by atoms with E-state index in [1.165, 1.54) is 0 Å². The number of para-hydroxylation sites is 1. The van der Waals surface area contributed by atoms with Crippen LogP contribution in [0.15, 0.2) is 77.4 Å². The lowest BCUT2D eigenvalue weighted by atomic mass is 10.0. The van der Waals surface area contributed by atoms with Gasteiger partial charge in [0.2, 0.25) is 11.8 Å². The van der Waals surface area contributed by atoms with Crippen molar-refractivity contribution in [1.82, 2.24) is 25.2 Å². The molecule has 1 atom stereocenters. The average Bonchev–Trinajstić information content (AvgIpc) is 3.46. The number of carbonyl (C=O) groups excluding carboxylic acids is 2. The molecule has 0 aliphatic rings. The molecule has 0 aliphatic heterocycles. The molecule has 1 N–H and O–H groups in total. The summed E-state index contributed by atoms with van der Waals surface area (Å²) in [5.41, 5.74) is 2.21. The first-order valence-corrected chi connectivity index (χ1v) is 10.5. The molecule has 164 valence electrons. The minimum Gasteiger partial charge on any atom is -0.467 e. The van der Waals surface area contributed by atoms with Crippen LogP contribution >= 0.6 is 0 Å². The van der Waals surface area contributed by atoms with Gasteiger partial charge in [0.05, 0.1) is 18.3 Å². The lowest BCUT2D eigenvalue weighted by molar-refractivity contribution is -0.143. The molecule has 0 spiro atoms. The summed E-state index contributed by atoms with van der Waals surface area (Å²) in [6.45, 7) is 4.01. The van der Waals surface area contributed by atoms with Crippen LogP contribution in [0.4, 0.5) is 0 Å². The van der Waals surface area contributed by atoms with Gasteiger partial charge in [-0.1, -0.05) is 47.7 Å². The molecule has 0 saturated heterocycles. The van der Waals surface area contributed by atoms with Crippen LogP contribution in [0.2, 0.25) is 0 Å². The van der Waals surface area contributed by atoms with Crippen LogP contribution in [0.25, 0.3) is 11.0 Å². The number of nitrogens with one attached hydrogen (secondary N) is 1. The van der Waals surface area contributed by atoms with Gasteiger partial charge in [-0.3, -0.25) is 9.59 Å². The van der Waals surface area contributed by atoms with Gasteiger partial charge in [-0.25, -0.2) is 4.68 Å². The molecule has 8 heteroatoms. The number of furan rings is 1. The predicted molar refractivity (Wildman–Crippen MR) is 119 cm³/mol. The molecule has 2 aromatic heterocycles. The highest BCUT2D eigenvalue weighted by atomic mass is 16.3. The first-order valence-electron chi connectivity index (χ1n) is 10.5. The van der Waals surface area contributed by atoms with E-state index < -0.39 is 6.04 Å². The van der Waals surface area contributed by atoms with Crippen LogP contribution in [0.3, 0.4) is 0 Å². The third kappa shape index (κ3) is 4.54. The molecule has 0 radical (unpaired) electrons. The second-order valence-corrected chi connectivity index (χ2v) is 7.74. The van der Waals surface area contributed by atoms with Crippen LogP contribution < -0.4 is 5.32 Å². The molecule has 0 fully saturated rings. The van der Waals surface area contributed by atoms with Gasteiger partial charge in [0.25, 0.3) is 0 Å². The van der Waals surface area contributed by atoms with Crippen molar-refractivity contribution in [2.24, 2.45) is 0 Å². The van der Waals surface area contributed by atoms with E-state index in [4.69, 9.17) is 4.42 Å². The van der Waals surface area contributed by atoms with E-state index in [2.05, 4.69) is 15.6 Å². The molecule has 0 bridgehead atoms. The Balaban J connectivity index is 1.62. The van der Waals surface area contributed by atoms with Crippen molar-refractivity contribution in [3.05, 3.63) is 84.3 Å². The Labute approximate surface area is 185 Å². The first kappa shape index (κ1) is 21.3. The molecule has 0 saturated carbocycles. The Morgan fingerprint density at radius 2 is 1.78 bits per heavy atom. The monoisotopic (exact) mass is 431 g/mol. The number of rotatable bonds is 8. The number of amides is 2. The van der Waals surface area contributed by atoms with Gasteiger partial charge < -0.3 is 14.6 Å². The average molecular weight is 431 g/mol. The maximum Gasteiger partial charge on any atom is 0.247 e. The van der Waals surface area contributed by atoms with E-state index >= 15 is 0 Å². The van der Waals surface area contributed by atoms with E-state index in [0.717, 1.165) is 11.1 Å². The zero-order valence-electron chi connectivity index (χ0n) is 18.0. The number of carbonyl (C=O) groups is 2. The summed E-state index contributed by atoms with van der Waals surface area (Å²) >= 11 is 0. The molecule has 4 rings (SSSR count). The van der Waals surface area contributed by atoms with Crippen molar-refractivity contribution >= 4 is 22.8 Å². The highest BCUT2D eigenvalue weighted by Crippen LogP contribution is 2.25. The smallest absolute Gasteiger partial charge is 0.247 e. The molecule has 4 aromatic rings. The zero-order chi connectivity index (χ0) is 22.5. The second kappa shape index (κ2) is 9.47. The number of hydrogen-bond acceptors (Lipinski definition) is 5. The second-order valence-electron chi connectivity index (χ2n) is 7.74. The van der Waals surface area contributed by atoms with Crippen molar-refractivity contribution in [1.29, 1.82) is 0 Å². The number of fused-ring (bicyclic) bond motifs is 1. The van der Waals surface area contributed by atoms with E-state index in [0.29, 0.717) is 11.3 Å². The Kier molecular flexibility index (Phi) is 6.30. The summed E-state index contributed by atoms with van der Waals surface area (Å²) in [7, 11) is 0. The third-order valence-corrected chi connectivity index (χ3v) is 5.21. The molecule has 2 aromatic carbocycles. The van der Waals surface area contributed by atoms with Crippen LogP contribution in [0.1, 0.15) is 31.2 Å². The number of aromatic nitrogens is 3. The minimum absolute atomic E-state index is 0.0203. The van der Waals surface area contributed by atoms with Crippen molar-refractivity contribution in [2.45, 2.75) is 39.0 Å². The van der Waals surface area contributed by atoms with Crippen molar-refractivity contribution in [3.8, 4) is 0 Å². The van der Waals surface area contributed by atoms with Crippen LogP contribution in [-0.4, -0.2) is 37.7 Å². The molecule has 2 amide bonds. The SMILES string of the molecule is CC(C)N(C(=O)Cn1nnc2ccccc21)[C@@H](C(=O)NCc1ccco1)c1ccccc1. The molecule has 0 aliphatic carbocycles. The van der Waals surface area contributed by atoms with Gasteiger partial charge in [-0.05, 0) is 43.7 Å². The number of nitrogens with zero attached hydrogens (tertiary/aromatic N) is 4. The Bertz CT molecular complexity index is 1180. The van der Waals surface area contributed by atoms with Gasteiger partial charge in [0, 0.05) is 6.04 Å². The summed E-state index contributed by atoms with van der Waals surface area (Å²) in [5.74, 6) is 0.137. The van der Waals surface area contributed by atoms with E-state index in [9.17, 15) is 9.59 Å². The lowest BCUT2D eigenvalue weighted by Crippen LogP contribution is -2.48. The third-order valence-electron chi connectivity index (χ3n) is 5.21. The Morgan fingerprint density at radius 3 is 2.50 bits per heavy atom. The van der Waals surface area contributed by atoms with Crippen molar-refractivity contribution in [3.63, 3.8) is 0 Å². The summed E-state index contributed by atoms with van der Waals surface area (Å²) in [4.78, 5) is 28.4. The van der Waals surface area contributed by atoms with Gasteiger partial charge >= 0.3 is 0 Å². The Morgan fingerprint density at radius 1 is 1.03 bits per heavy atom. The van der Waals surface area contributed by atoms with Crippen LogP contribution in [0, 0.1) is 0 Å². The maximum atomic E-state index is 13.5. The quantitative estimate of drug-likeness (QED) is 0.462. The van der Waals surface area contributed by atoms with E-state index in [1.807, 2.05) is 68.4 Å². The number of benzene rings is 2. The van der Waals surface area contributed by atoms with Crippen molar-refractivity contribution < 1.29 is 14.0 Å². The van der Waals surface area contributed by atoms with Gasteiger partial charge in [0.1, 0.15) is 23.9 Å². The molecule has 8 nitrogen and oxygen atoms in total. The summed E-state index contributed by atoms with van der Waals surface area (Å²) in [6.07, 6.45) is 1.56. The fourth-order valence-corrected chi connectivity index (χ4v) is 3.73. The summed E-state index contributed by atoms with van der Waals surface area (Å²) < 4.78 is 6.89. The molecule has 32 heavy (non-hydrogen) atoms. The molecule has 0 unspecified atom stereocenters. The van der Waals surface area contributed by atoms with E-state index in [-0.39, 0.29) is 30.9 Å². The lowest BCUT2D eigenvalue weighted by Gasteiger charge is -2.34.